The Morgan fingerprint density at radius 1 is 0.607 bits per heavy atom. The Balaban J connectivity index is 4.97. The summed E-state index contributed by atoms with van der Waals surface area (Å²) in [5, 5.41) is 0. The Labute approximate surface area is 167 Å². The number of carbonyl (C=O) groups is 4. The summed E-state index contributed by atoms with van der Waals surface area (Å²) in [6.45, 7) is 6.52. The van der Waals surface area contributed by atoms with Crippen LogP contribution in [0.1, 0.15) is 79.1 Å². The molecule has 0 spiro atoms. The predicted molar refractivity (Wildman–Crippen MR) is 101 cm³/mol. The van der Waals surface area contributed by atoms with Crippen LogP contribution in [0.2, 0.25) is 0 Å². The first-order chi connectivity index (χ1) is 13.3. The van der Waals surface area contributed by atoms with Gasteiger partial charge < -0.3 is 18.9 Å². The highest BCUT2D eigenvalue weighted by molar-refractivity contribution is 5.89. The van der Waals surface area contributed by atoms with Gasteiger partial charge in [-0.05, 0) is 12.8 Å². The van der Waals surface area contributed by atoms with Gasteiger partial charge in [-0.2, -0.15) is 0 Å². The molecule has 2 unspecified atom stereocenters. The zero-order chi connectivity index (χ0) is 21.4. The van der Waals surface area contributed by atoms with E-state index in [1.807, 2.05) is 0 Å². The van der Waals surface area contributed by atoms with Crippen molar-refractivity contribution < 1.29 is 38.1 Å². The Bertz CT molecular complexity index is 445. The number of rotatable bonds is 15. The normalized spacial score (nSPS) is 12.6. The second kappa shape index (κ2) is 15.9. The van der Waals surface area contributed by atoms with Crippen molar-refractivity contribution in [2.75, 3.05) is 13.2 Å². The average molecular weight is 402 g/mol. The van der Waals surface area contributed by atoms with Gasteiger partial charge in [0.2, 0.25) is 12.2 Å². The van der Waals surface area contributed by atoms with Gasteiger partial charge in [0.25, 0.3) is 0 Å². The van der Waals surface area contributed by atoms with Crippen molar-refractivity contribution in [3.63, 3.8) is 0 Å². The molecule has 0 aromatic heterocycles. The number of hydrogen-bond donors (Lipinski definition) is 0. The molecule has 0 N–H and O–H groups in total. The van der Waals surface area contributed by atoms with E-state index in [1.54, 1.807) is 0 Å². The molecule has 0 saturated carbocycles. The van der Waals surface area contributed by atoms with Gasteiger partial charge in [0, 0.05) is 13.8 Å². The van der Waals surface area contributed by atoms with Gasteiger partial charge in [0.15, 0.2) is 0 Å². The topological polar surface area (TPSA) is 105 Å². The third-order valence-corrected chi connectivity index (χ3v) is 3.81. The molecule has 0 saturated heterocycles. The minimum atomic E-state index is -1.70. The molecule has 0 aromatic carbocycles. The SMILES string of the molecule is CCCCCCOC(=O)C(OC(C)=O)C(OC(C)=O)C(=O)OCCCCCC. The maximum Gasteiger partial charge on any atom is 0.352 e. The summed E-state index contributed by atoms with van der Waals surface area (Å²) in [6, 6.07) is 0. The fraction of sp³-hybridized carbons (Fsp3) is 0.800. The van der Waals surface area contributed by atoms with E-state index in [0.29, 0.717) is 12.8 Å². The van der Waals surface area contributed by atoms with Crippen molar-refractivity contribution in [1.29, 1.82) is 0 Å². The van der Waals surface area contributed by atoms with Crippen LogP contribution in [-0.2, 0) is 38.1 Å². The Hall–Kier alpha value is -2.12. The van der Waals surface area contributed by atoms with Crippen LogP contribution in [0, 0.1) is 0 Å². The van der Waals surface area contributed by atoms with Gasteiger partial charge >= 0.3 is 23.9 Å². The molecule has 28 heavy (non-hydrogen) atoms. The van der Waals surface area contributed by atoms with Crippen LogP contribution in [0.15, 0.2) is 0 Å². The van der Waals surface area contributed by atoms with Gasteiger partial charge in [-0.3, -0.25) is 9.59 Å². The van der Waals surface area contributed by atoms with E-state index in [9.17, 15) is 19.2 Å². The van der Waals surface area contributed by atoms with Crippen molar-refractivity contribution >= 4 is 23.9 Å². The van der Waals surface area contributed by atoms with Crippen LogP contribution in [0.5, 0.6) is 0 Å². The van der Waals surface area contributed by atoms with Crippen LogP contribution in [0.3, 0.4) is 0 Å². The first kappa shape index (κ1) is 25.9. The molecular weight excluding hydrogens is 368 g/mol. The molecule has 0 amide bonds. The van der Waals surface area contributed by atoms with Gasteiger partial charge in [-0.1, -0.05) is 52.4 Å². The quantitative estimate of drug-likeness (QED) is 0.234. The molecule has 0 aliphatic carbocycles. The van der Waals surface area contributed by atoms with Crippen LogP contribution in [-0.4, -0.2) is 49.3 Å². The molecule has 8 nitrogen and oxygen atoms in total. The highest BCUT2D eigenvalue weighted by Crippen LogP contribution is 2.12. The van der Waals surface area contributed by atoms with Gasteiger partial charge in [0.05, 0.1) is 13.2 Å². The molecule has 0 rings (SSSR count). The molecule has 0 aliphatic rings. The smallest absolute Gasteiger partial charge is 0.352 e. The number of unbranched alkanes of at least 4 members (excludes halogenated alkanes) is 6. The summed E-state index contributed by atoms with van der Waals surface area (Å²) in [5.74, 6) is -3.50. The number of hydrogen-bond acceptors (Lipinski definition) is 8. The lowest BCUT2D eigenvalue weighted by Crippen LogP contribution is -2.47. The summed E-state index contributed by atoms with van der Waals surface area (Å²) in [6.07, 6.45) is 3.73. The van der Waals surface area contributed by atoms with Crippen LogP contribution < -0.4 is 0 Å². The number of carbonyl (C=O) groups excluding carboxylic acids is 4. The second-order valence-corrected chi connectivity index (χ2v) is 6.52. The number of ether oxygens (including phenoxy) is 4. The molecule has 0 fully saturated rings. The third-order valence-electron chi connectivity index (χ3n) is 3.81. The highest BCUT2D eigenvalue weighted by atomic mass is 16.6. The zero-order valence-electron chi connectivity index (χ0n) is 17.5. The van der Waals surface area contributed by atoms with E-state index in [2.05, 4.69) is 13.8 Å². The van der Waals surface area contributed by atoms with E-state index in [0.717, 1.165) is 52.4 Å². The summed E-state index contributed by atoms with van der Waals surface area (Å²) in [5.41, 5.74) is 0. The first-order valence-electron chi connectivity index (χ1n) is 10.0. The minimum Gasteiger partial charge on any atom is -0.463 e. The highest BCUT2D eigenvalue weighted by Gasteiger charge is 2.41. The fourth-order valence-corrected chi connectivity index (χ4v) is 2.39. The van der Waals surface area contributed by atoms with Crippen molar-refractivity contribution in [3.8, 4) is 0 Å². The van der Waals surface area contributed by atoms with Crippen LogP contribution >= 0.6 is 0 Å². The lowest BCUT2D eigenvalue weighted by atomic mass is 10.2. The maximum absolute atomic E-state index is 12.4. The molecule has 0 radical (unpaired) electrons. The molecule has 0 heterocycles. The maximum atomic E-state index is 12.4. The molecule has 0 aromatic rings. The van der Waals surface area contributed by atoms with Crippen molar-refractivity contribution in [2.24, 2.45) is 0 Å². The Kier molecular flexibility index (Phi) is 14.7. The molecular formula is C20H34O8. The Morgan fingerprint density at radius 2 is 0.964 bits per heavy atom. The molecule has 162 valence electrons. The van der Waals surface area contributed by atoms with E-state index < -0.39 is 36.1 Å². The molecule has 0 aliphatic heterocycles. The minimum absolute atomic E-state index is 0.120. The molecule has 2 atom stereocenters. The zero-order valence-corrected chi connectivity index (χ0v) is 17.5. The van der Waals surface area contributed by atoms with Crippen molar-refractivity contribution in [1.82, 2.24) is 0 Å². The van der Waals surface area contributed by atoms with Gasteiger partial charge in [0.1, 0.15) is 0 Å². The first-order valence-corrected chi connectivity index (χ1v) is 10.0. The molecule has 0 bridgehead atoms. The van der Waals surface area contributed by atoms with E-state index in [-0.39, 0.29) is 13.2 Å². The monoisotopic (exact) mass is 402 g/mol. The average Bonchev–Trinajstić information content (AvgIpc) is 2.63. The van der Waals surface area contributed by atoms with E-state index in [1.165, 1.54) is 0 Å². The predicted octanol–water partition coefficient (Wildman–Crippen LogP) is 3.10. The standard InChI is InChI=1S/C20H34O8/c1-5-7-9-11-13-25-19(23)17(27-15(3)21)18(28-16(4)22)20(24)26-14-12-10-8-6-2/h17-18H,5-14H2,1-4H3. The van der Waals surface area contributed by atoms with Gasteiger partial charge in [-0.15, -0.1) is 0 Å². The number of esters is 4. The van der Waals surface area contributed by atoms with Crippen molar-refractivity contribution in [2.45, 2.75) is 91.3 Å². The fourth-order valence-electron chi connectivity index (χ4n) is 2.39. The lowest BCUT2D eigenvalue weighted by molar-refractivity contribution is -0.190. The lowest BCUT2D eigenvalue weighted by Gasteiger charge is -2.23. The Morgan fingerprint density at radius 3 is 1.25 bits per heavy atom. The van der Waals surface area contributed by atoms with Crippen LogP contribution in [0.25, 0.3) is 0 Å². The summed E-state index contributed by atoms with van der Waals surface area (Å²) < 4.78 is 20.1. The second-order valence-electron chi connectivity index (χ2n) is 6.52. The summed E-state index contributed by atoms with van der Waals surface area (Å²) in [4.78, 5) is 47.5. The van der Waals surface area contributed by atoms with E-state index >= 15 is 0 Å². The van der Waals surface area contributed by atoms with E-state index in [4.69, 9.17) is 18.9 Å². The van der Waals surface area contributed by atoms with Gasteiger partial charge in [-0.25, -0.2) is 9.59 Å². The largest absolute Gasteiger partial charge is 0.463 e. The summed E-state index contributed by atoms with van der Waals surface area (Å²) in [7, 11) is 0. The molecule has 8 heteroatoms. The third kappa shape index (κ3) is 12.3. The van der Waals surface area contributed by atoms with Crippen LogP contribution in [0.4, 0.5) is 0 Å². The summed E-state index contributed by atoms with van der Waals surface area (Å²) >= 11 is 0. The van der Waals surface area contributed by atoms with Crippen molar-refractivity contribution in [3.05, 3.63) is 0 Å².